The number of halogens is 1. The zero-order valence-corrected chi connectivity index (χ0v) is 17.0. The molecule has 1 heterocycles. The number of piperazine rings is 1. The maximum Gasteiger partial charge on any atom is 0.246 e. The molecule has 3 rings (SSSR count). The first-order valence-corrected chi connectivity index (χ1v) is 10.6. The molecule has 0 unspecified atom stereocenters. The number of ether oxygens (including phenoxy) is 1. The van der Waals surface area contributed by atoms with Crippen molar-refractivity contribution in [1.29, 1.82) is 0 Å². The topological polar surface area (TPSA) is 66.9 Å². The number of rotatable bonds is 5. The Morgan fingerprint density at radius 3 is 2.36 bits per heavy atom. The normalized spacial score (nSPS) is 15.7. The number of hydrogen-bond donors (Lipinski definition) is 0. The van der Waals surface area contributed by atoms with Crippen LogP contribution in [0.5, 0.6) is 5.75 Å². The summed E-state index contributed by atoms with van der Waals surface area (Å²) in [6, 6.07) is 13.8. The number of carbonyl (C=O) groups is 1. The molecule has 6 nitrogen and oxygen atoms in total. The Hall–Kier alpha value is -2.35. The van der Waals surface area contributed by atoms with Gasteiger partial charge in [0.05, 0.1) is 12.1 Å². The van der Waals surface area contributed by atoms with E-state index in [1.54, 1.807) is 36.3 Å². The zero-order chi connectivity index (χ0) is 20.1. The summed E-state index contributed by atoms with van der Waals surface area (Å²) in [7, 11) is -2.10. The lowest BCUT2D eigenvalue weighted by atomic mass is 10.2. The van der Waals surface area contributed by atoms with Gasteiger partial charge in [0.15, 0.2) is 0 Å². The molecule has 1 fully saturated rings. The fourth-order valence-corrected chi connectivity index (χ4v) is 4.93. The molecule has 0 saturated carbocycles. The van der Waals surface area contributed by atoms with Crippen LogP contribution in [0.2, 0.25) is 5.02 Å². The Morgan fingerprint density at radius 1 is 1.04 bits per heavy atom. The maximum absolute atomic E-state index is 12.8. The highest BCUT2D eigenvalue weighted by molar-refractivity contribution is 7.89. The van der Waals surface area contributed by atoms with Gasteiger partial charge in [0.2, 0.25) is 15.9 Å². The molecule has 0 N–H and O–H groups in total. The van der Waals surface area contributed by atoms with Crippen LogP contribution in [-0.2, 0) is 14.8 Å². The fraction of sp³-hybridized carbons (Fsp3) is 0.250. The molecule has 148 valence electrons. The van der Waals surface area contributed by atoms with E-state index in [2.05, 4.69) is 0 Å². The van der Waals surface area contributed by atoms with Crippen LogP contribution < -0.4 is 4.74 Å². The van der Waals surface area contributed by atoms with E-state index in [1.807, 2.05) is 24.3 Å². The van der Waals surface area contributed by atoms with Crippen molar-refractivity contribution in [1.82, 2.24) is 9.21 Å². The largest absolute Gasteiger partial charge is 0.496 e. The molecule has 0 aromatic heterocycles. The van der Waals surface area contributed by atoms with Crippen molar-refractivity contribution in [3.8, 4) is 5.75 Å². The number of benzene rings is 2. The molecule has 2 aromatic carbocycles. The highest BCUT2D eigenvalue weighted by atomic mass is 35.5. The third-order valence-corrected chi connectivity index (χ3v) is 6.95. The summed E-state index contributed by atoms with van der Waals surface area (Å²) in [5.74, 6) is 0.517. The second kappa shape index (κ2) is 8.77. The maximum atomic E-state index is 12.8. The van der Waals surface area contributed by atoms with Crippen molar-refractivity contribution in [2.45, 2.75) is 4.90 Å². The van der Waals surface area contributed by atoms with Crippen LogP contribution in [0, 0.1) is 0 Å². The van der Waals surface area contributed by atoms with Crippen molar-refractivity contribution < 1.29 is 17.9 Å². The Labute approximate surface area is 170 Å². The van der Waals surface area contributed by atoms with Crippen LogP contribution in [0.15, 0.2) is 59.5 Å². The van der Waals surface area contributed by atoms with Gasteiger partial charge in [-0.05, 0) is 24.3 Å². The Balaban J connectivity index is 1.64. The Bertz CT molecular complexity index is 983. The Morgan fingerprint density at radius 2 is 1.68 bits per heavy atom. The van der Waals surface area contributed by atoms with E-state index in [0.717, 1.165) is 5.56 Å². The van der Waals surface area contributed by atoms with Gasteiger partial charge in [-0.25, -0.2) is 8.42 Å². The number of para-hydroxylation sites is 1. The molecule has 0 bridgehead atoms. The van der Waals surface area contributed by atoms with E-state index in [0.29, 0.717) is 18.8 Å². The molecule has 28 heavy (non-hydrogen) atoms. The van der Waals surface area contributed by atoms with E-state index in [9.17, 15) is 13.2 Å². The third kappa shape index (κ3) is 4.38. The van der Waals surface area contributed by atoms with E-state index < -0.39 is 10.0 Å². The summed E-state index contributed by atoms with van der Waals surface area (Å²) in [6.07, 6.45) is 3.18. The predicted octanol–water partition coefficient (Wildman–Crippen LogP) is 2.89. The van der Waals surface area contributed by atoms with Crippen LogP contribution in [0.25, 0.3) is 6.08 Å². The monoisotopic (exact) mass is 420 g/mol. The molecule has 8 heteroatoms. The number of sulfonamides is 1. The summed E-state index contributed by atoms with van der Waals surface area (Å²) in [5.41, 5.74) is 0.804. The molecule has 1 aliphatic rings. The van der Waals surface area contributed by atoms with Crippen molar-refractivity contribution in [3.05, 3.63) is 65.2 Å². The first kappa shape index (κ1) is 20.4. The smallest absolute Gasteiger partial charge is 0.246 e. The highest BCUT2D eigenvalue weighted by Crippen LogP contribution is 2.25. The molecule has 1 saturated heterocycles. The highest BCUT2D eigenvalue weighted by Gasteiger charge is 2.30. The molecule has 2 aromatic rings. The number of methoxy groups -OCH3 is 1. The number of carbonyl (C=O) groups excluding carboxylic acids is 1. The van der Waals surface area contributed by atoms with Gasteiger partial charge >= 0.3 is 0 Å². The lowest BCUT2D eigenvalue weighted by molar-refractivity contribution is -0.127. The van der Waals surface area contributed by atoms with Gasteiger partial charge in [0.1, 0.15) is 10.6 Å². The molecule has 1 aliphatic heterocycles. The van der Waals surface area contributed by atoms with E-state index >= 15 is 0 Å². The van der Waals surface area contributed by atoms with Gasteiger partial charge in [-0.1, -0.05) is 41.9 Å². The zero-order valence-electron chi connectivity index (χ0n) is 15.4. The molecule has 0 atom stereocenters. The lowest BCUT2D eigenvalue weighted by Gasteiger charge is -2.33. The minimum Gasteiger partial charge on any atom is -0.496 e. The summed E-state index contributed by atoms with van der Waals surface area (Å²) >= 11 is 6.04. The van der Waals surface area contributed by atoms with Crippen molar-refractivity contribution in [2.75, 3.05) is 33.3 Å². The third-order valence-electron chi connectivity index (χ3n) is 4.55. The molecule has 0 aliphatic carbocycles. The molecule has 0 spiro atoms. The molecule has 0 radical (unpaired) electrons. The minimum atomic E-state index is -3.68. The van der Waals surface area contributed by atoms with E-state index in [-0.39, 0.29) is 28.9 Å². The van der Waals surface area contributed by atoms with Crippen molar-refractivity contribution in [2.24, 2.45) is 0 Å². The summed E-state index contributed by atoms with van der Waals surface area (Å²) in [5, 5.41) is 0.195. The second-order valence-corrected chi connectivity index (χ2v) is 8.55. The van der Waals surface area contributed by atoms with Crippen LogP contribution in [0.3, 0.4) is 0 Å². The predicted molar refractivity (Wildman–Crippen MR) is 109 cm³/mol. The van der Waals surface area contributed by atoms with Gasteiger partial charge in [-0.3, -0.25) is 4.79 Å². The Kier molecular flexibility index (Phi) is 6.39. The average Bonchev–Trinajstić information content (AvgIpc) is 2.72. The number of nitrogens with zero attached hydrogens (tertiary/aromatic N) is 2. The number of amides is 1. The van der Waals surface area contributed by atoms with E-state index in [4.69, 9.17) is 16.3 Å². The fourth-order valence-electron chi connectivity index (χ4n) is 3.01. The number of hydrogen-bond acceptors (Lipinski definition) is 4. The van der Waals surface area contributed by atoms with Crippen LogP contribution in [-0.4, -0.2) is 56.8 Å². The lowest BCUT2D eigenvalue weighted by Crippen LogP contribution is -2.50. The van der Waals surface area contributed by atoms with Crippen LogP contribution in [0.4, 0.5) is 0 Å². The minimum absolute atomic E-state index is 0.0903. The van der Waals surface area contributed by atoms with Crippen molar-refractivity contribution >= 4 is 33.6 Å². The summed E-state index contributed by atoms with van der Waals surface area (Å²) in [4.78, 5) is 14.2. The van der Waals surface area contributed by atoms with Crippen molar-refractivity contribution in [3.63, 3.8) is 0 Å². The van der Waals surface area contributed by atoms with Gasteiger partial charge in [0, 0.05) is 37.8 Å². The van der Waals surface area contributed by atoms with Crippen LogP contribution >= 0.6 is 11.6 Å². The summed E-state index contributed by atoms with van der Waals surface area (Å²) in [6.45, 7) is 1.08. The second-order valence-electron chi connectivity index (χ2n) is 6.24. The molecular weight excluding hydrogens is 400 g/mol. The van der Waals surface area contributed by atoms with E-state index in [1.165, 1.54) is 16.4 Å². The molecule has 1 amide bonds. The first-order valence-electron chi connectivity index (χ1n) is 8.78. The summed E-state index contributed by atoms with van der Waals surface area (Å²) < 4.78 is 32.2. The van der Waals surface area contributed by atoms with Gasteiger partial charge < -0.3 is 9.64 Å². The van der Waals surface area contributed by atoms with Crippen LogP contribution in [0.1, 0.15) is 5.56 Å². The molecular formula is C20H21ClN2O4S. The quantitative estimate of drug-likeness (QED) is 0.697. The standard InChI is InChI=1S/C20H21ClN2O4S/c1-27-18-8-4-2-6-16(18)10-11-20(24)22-12-14-23(15-13-22)28(25,26)19-9-5-3-7-17(19)21/h2-11H,12-15H2,1H3/b11-10+. The first-order chi connectivity index (χ1) is 13.4. The average molecular weight is 421 g/mol. The van der Waals surface area contributed by atoms with Gasteiger partial charge in [-0.15, -0.1) is 0 Å². The van der Waals surface area contributed by atoms with Gasteiger partial charge in [0.25, 0.3) is 0 Å². The van der Waals surface area contributed by atoms with Gasteiger partial charge in [-0.2, -0.15) is 4.31 Å². The SMILES string of the molecule is COc1ccccc1/C=C/C(=O)N1CCN(S(=O)(=O)c2ccccc2Cl)CC1.